The van der Waals surface area contributed by atoms with Gasteiger partial charge in [-0.05, 0) is 37.8 Å². The van der Waals surface area contributed by atoms with Crippen molar-refractivity contribution >= 4 is 5.91 Å². The predicted octanol–water partition coefficient (Wildman–Crippen LogP) is 2.04. The molecular weight excluding hydrogens is 318 g/mol. The lowest BCUT2D eigenvalue weighted by Crippen LogP contribution is -2.28. The van der Waals surface area contributed by atoms with Crippen LogP contribution in [0.4, 0.5) is 0 Å². The Labute approximate surface area is 147 Å². The molecule has 1 amide bonds. The summed E-state index contributed by atoms with van der Waals surface area (Å²) in [5, 5.41) is 9.12. The Morgan fingerprint density at radius 3 is 2.72 bits per heavy atom. The first-order chi connectivity index (χ1) is 12.1. The highest BCUT2D eigenvalue weighted by molar-refractivity contribution is 5.75. The van der Waals surface area contributed by atoms with Crippen molar-refractivity contribution in [2.24, 2.45) is 0 Å². The lowest BCUT2D eigenvalue weighted by atomic mass is 10.1. The quantitative estimate of drug-likeness (QED) is 0.683. The fourth-order valence-electron chi connectivity index (χ4n) is 2.43. The SMILES string of the molecule is Cc1n[nH]c(=O)c(CNC(=O)CCCOCCc2ccccc2)c1C. The summed E-state index contributed by atoms with van der Waals surface area (Å²) in [4.78, 5) is 23.6. The van der Waals surface area contributed by atoms with E-state index in [1.165, 1.54) is 5.56 Å². The molecule has 0 fully saturated rings. The highest BCUT2D eigenvalue weighted by atomic mass is 16.5. The minimum absolute atomic E-state index is 0.0834. The van der Waals surface area contributed by atoms with Gasteiger partial charge in [-0.15, -0.1) is 0 Å². The Bertz CT molecular complexity index is 741. The number of aryl methyl sites for hydroxylation is 1. The van der Waals surface area contributed by atoms with Crippen molar-refractivity contribution < 1.29 is 9.53 Å². The third-order valence-corrected chi connectivity index (χ3v) is 4.13. The third-order valence-electron chi connectivity index (χ3n) is 4.13. The number of nitrogens with zero attached hydrogens (tertiary/aromatic N) is 1. The molecule has 2 aromatic rings. The second-order valence-corrected chi connectivity index (χ2v) is 5.97. The zero-order valence-corrected chi connectivity index (χ0v) is 14.8. The van der Waals surface area contributed by atoms with Crippen LogP contribution < -0.4 is 10.9 Å². The zero-order chi connectivity index (χ0) is 18.1. The van der Waals surface area contributed by atoms with Crippen molar-refractivity contribution in [2.75, 3.05) is 13.2 Å². The van der Waals surface area contributed by atoms with E-state index in [0.29, 0.717) is 31.6 Å². The number of benzene rings is 1. The van der Waals surface area contributed by atoms with Gasteiger partial charge in [-0.1, -0.05) is 30.3 Å². The molecule has 134 valence electrons. The molecule has 1 aromatic heterocycles. The second kappa shape index (κ2) is 9.74. The van der Waals surface area contributed by atoms with E-state index in [0.717, 1.165) is 17.7 Å². The van der Waals surface area contributed by atoms with Gasteiger partial charge >= 0.3 is 0 Å². The number of hydrogen-bond acceptors (Lipinski definition) is 4. The van der Waals surface area contributed by atoms with Gasteiger partial charge in [-0.25, -0.2) is 5.10 Å². The van der Waals surface area contributed by atoms with Crippen molar-refractivity contribution in [3.05, 3.63) is 63.1 Å². The van der Waals surface area contributed by atoms with E-state index < -0.39 is 0 Å². The Morgan fingerprint density at radius 2 is 1.96 bits per heavy atom. The monoisotopic (exact) mass is 343 g/mol. The van der Waals surface area contributed by atoms with Gasteiger partial charge in [-0.3, -0.25) is 9.59 Å². The summed E-state index contributed by atoms with van der Waals surface area (Å²) < 4.78 is 5.56. The lowest BCUT2D eigenvalue weighted by molar-refractivity contribution is -0.121. The maximum Gasteiger partial charge on any atom is 0.269 e. The molecule has 6 heteroatoms. The predicted molar refractivity (Wildman–Crippen MR) is 96.4 cm³/mol. The highest BCUT2D eigenvalue weighted by Gasteiger charge is 2.09. The number of rotatable bonds is 9. The van der Waals surface area contributed by atoms with E-state index >= 15 is 0 Å². The normalized spacial score (nSPS) is 10.6. The number of amides is 1. The third kappa shape index (κ3) is 6.15. The van der Waals surface area contributed by atoms with Gasteiger partial charge in [0.1, 0.15) is 0 Å². The summed E-state index contributed by atoms with van der Waals surface area (Å²) in [6.07, 6.45) is 1.91. The van der Waals surface area contributed by atoms with Crippen LogP contribution in [0, 0.1) is 13.8 Å². The second-order valence-electron chi connectivity index (χ2n) is 5.97. The maximum atomic E-state index is 11.9. The van der Waals surface area contributed by atoms with Crippen molar-refractivity contribution in [3.63, 3.8) is 0 Å². The smallest absolute Gasteiger partial charge is 0.269 e. The first-order valence-electron chi connectivity index (χ1n) is 8.51. The van der Waals surface area contributed by atoms with E-state index in [9.17, 15) is 9.59 Å². The number of carbonyl (C=O) groups excluding carboxylic acids is 1. The number of carbonyl (C=O) groups is 1. The molecule has 0 bridgehead atoms. The van der Waals surface area contributed by atoms with Gasteiger partial charge in [0.2, 0.25) is 5.91 Å². The number of hydrogen-bond donors (Lipinski definition) is 2. The largest absolute Gasteiger partial charge is 0.381 e. The van der Waals surface area contributed by atoms with Crippen LogP contribution in [0.3, 0.4) is 0 Å². The number of ether oxygens (including phenoxy) is 1. The fraction of sp³-hybridized carbons (Fsp3) is 0.421. The first-order valence-corrected chi connectivity index (χ1v) is 8.51. The van der Waals surface area contributed by atoms with Crippen LogP contribution in [0.25, 0.3) is 0 Å². The molecule has 0 radical (unpaired) electrons. The molecule has 0 atom stereocenters. The van der Waals surface area contributed by atoms with Gasteiger partial charge < -0.3 is 10.1 Å². The topological polar surface area (TPSA) is 84.1 Å². The Kier molecular flexibility index (Phi) is 7.35. The van der Waals surface area contributed by atoms with Crippen molar-refractivity contribution in [2.45, 2.75) is 39.7 Å². The number of aromatic nitrogens is 2. The van der Waals surface area contributed by atoms with Gasteiger partial charge in [0.15, 0.2) is 0 Å². The van der Waals surface area contributed by atoms with E-state index in [2.05, 4.69) is 27.6 Å². The summed E-state index contributed by atoms with van der Waals surface area (Å²) in [6, 6.07) is 10.2. The molecule has 1 heterocycles. The zero-order valence-electron chi connectivity index (χ0n) is 14.8. The summed E-state index contributed by atoms with van der Waals surface area (Å²) in [6.45, 7) is 5.08. The van der Waals surface area contributed by atoms with E-state index in [4.69, 9.17) is 4.74 Å². The molecular formula is C19H25N3O3. The minimum Gasteiger partial charge on any atom is -0.381 e. The molecule has 0 spiro atoms. The standard InChI is InChI=1S/C19H25N3O3/c1-14-15(2)21-22-19(24)17(14)13-20-18(23)9-6-11-25-12-10-16-7-4-3-5-8-16/h3-5,7-8H,6,9-13H2,1-2H3,(H,20,23)(H,22,24). The number of H-pyrrole nitrogens is 1. The molecule has 0 unspecified atom stereocenters. The maximum absolute atomic E-state index is 11.9. The Morgan fingerprint density at radius 1 is 1.20 bits per heavy atom. The molecule has 0 saturated carbocycles. The minimum atomic E-state index is -0.257. The molecule has 25 heavy (non-hydrogen) atoms. The van der Waals surface area contributed by atoms with Gasteiger partial charge in [-0.2, -0.15) is 5.10 Å². The molecule has 6 nitrogen and oxygen atoms in total. The van der Waals surface area contributed by atoms with E-state index in [-0.39, 0.29) is 18.0 Å². The number of nitrogens with one attached hydrogen (secondary N) is 2. The lowest BCUT2D eigenvalue weighted by Gasteiger charge is -2.08. The molecule has 0 aliphatic heterocycles. The summed E-state index contributed by atoms with van der Waals surface area (Å²) >= 11 is 0. The van der Waals surface area contributed by atoms with Crippen molar-refractivity contribution in [1.82, 2.24) is 15.5 Å². The fourth-order valence-corrected chi connectivity index (χ4v) is 2.43. The highest BCUT2D eigenvalue weighted by Crippen LogP contribution is 2.05. The Balaban J connectivity index is 1.62. The van der Waals surface area contributed by atoms with Crippen LogP contribution in [-0.4, -0.2) is 29.3 Å². The number of aromatic amines is 1. The Hall–Kier alpha value is -2.47. The molecule has 2 N–H and O–H groups in total. The van der Waals surface area contributed by atoms with Crippen molar-refractivity contribution in [3.8, 4) is 0 Å². The van der Waals surface area contributed by atoms with E-state index in [1.807, 2.05) is 32.0 Å². The van der Waals surface area contributed by atoms with Crippen LogP contribution >= 0.6 is 0 Å². The summed E-state index contributed by atoms with van der Waals surface area (Å²) in [7, 11) is 0. The molecule has 1 aromatic carbocycles. The van der Waals surface area contributed by atoms with Crippen LogP contribution in [-0.2, 0) is 22.5 Å². The summed E-state index contributed by atoms with van der Waals surface area (Å²) in [5.41, 5.74) is 3.12. The van der Waals surface area contributed by atoms with Gasteiger partial charge in [0, 0.05) is 25.1 Å². The van der Waals surface area contributed by atoms with Crippen LogP contribution in [0.1, 0.15) is 35.2 Å². The van der Waals surface area contributed by atoms with Crippen LogP contribution in [0.5, 0.6) is 0 Å². The molecule has 2 rings (SSSR count). The molecule has 0 aliphatic rings. The summed E-state index contributed by atoms with van der Waals surface area (Å²) in [5.74, 6) is -0.0834. The van der Waals surface area contributed by atoms with Crippen LogP contribution in [0.15, 0.2) is 35.1 Å². The van der Waals surface area contributed by atoms with Gasteiger partial charge in [0.05, 0.1) is 12.3 Å². The van der Waals surface area contributed by atoms with Gasteiger partial charge in [0.25, 0.3) is 5.56 Å². The average molecular weight is 343 g/mol. The van der Waals surface area contributed by atoms with Crippen molar-refractivity contribution in [1.29, 1.82) is 0 Å². The first kappa shape index (κ1) is 18.9. The van der Waals surface area contributed by atoms with Crippen LogP contribution in [0.2, 0.25) is 0 Å². The average Bonchev–Trinajstić information content (AvgIpc) is 2.62. The molecule has 0 saturated heterocycles. The van der Waals surface area contributed by atoms with E-state index in [1.54, 1.807) is 0 Å². The molecule has 0 aliphatic carbocycles.